The van der Waals surface area contributed by atoms with Crippen LogP contribution in [0.25, 0.3) is 0 Å². The molecular formula is C12H15BrN2O. The largest absolute Gasteiger partial charge is 0.398 e. The van der Waals surface area contributed by atoms with Crippen LogP contribution in [0.1, 0.15) is 19.4 Å². The second-order valence-corrected chi connectivity index (χ2v) is 5.78. The van der Waals surface area contributed by atoms with E-state index in [1.165, 1.54) is 0 Å². The quantitative estimate of drug-likeness (QED) is 0.744. The molecule has 1 aliphatic heterocycles. The minimum absolute atomic E-state index is 0.140. The molecule has 2 N–H and O–H groups in total. The van der Waals surface area contributed by atoms with Crippen molar-refractivity contribution in [2.75, 3.05) is 17.7 Å². The minimum Gasteiger partial charge on any atom is -0.398 e. The highest BCUT2D eigenvalue weighted by atomic mass is 79.9. The molecule has 1 aromatic rings. The summed E-state index contributed by atoms with van der Waals surface area (Å²) in [5, 5.41) is 0. The predicted octanol–water partition coefficient (Wildman–Crippen LogP) is 2.58. The molecule has 0 spiro atoms. The zero-order chi connectivity index (χ0) is 12.1. The first-order chi connectivity index (χ1) is 7.33. The summed E-state index contributed by atoms with van der Waals surface area (Å²) in [5.41, 5.74) is 8.24. The van der Waals surface area contributed by atoms with Crippen molar-refractivity contribution in [1.82, 2.24) is 0 Å². The lowest BCUT2D eigenvalue weighted by Gasteiger charge is -2.36. The Kier molecular flexibility index (Phi) is 2.49. The molecule has 0 atom stereocenters. The summed E-state index contributed by atoms with van der Waals surface area (Å²) in [4.78, 5) is 13.8. The third-order valence-corrected chi connectivity index (χ3v) is 3.76. The van der Waals surface area contributed by atoms with Crippen LogP contribution in [0.4, 0.5) is 11.4 Å². The molecule has 1 amide bonds. The van der Waals surface area contributed by atoms with E-state index in [0.29, 0.717) is 5.69 Å². The highest BCUT2D eigenvalue weighted by Gasteiger charge is 2.37. The van der Waals surface area contributed by atoms with Gasteiger partial charge in [-0.1, -0.05) is 13.8 Å². The van der Waals surface area contributed by atoms with Gasteiger partial charge in [-0.15, -0.1) is 0 Å². The number of anilines is 2. The summed E-state index contributed by atoms with van der Waals surface area (Å²) < 4.78 is 0.893. The van der Waals surface area contributed by atoms with E-state index < -0.39 is 0 Å². The molecule has 0 saturated carbocycles. The maximum Gasteiger partial charge on any atom is 0.232 e. The van der Waals surface area contributed by atoms with Gasteiger partial charge in [0, 0.05) is 28.3 Å². The molecule has 1 aliphatic rings. The van der Waals surface area contributed by atoms with Crippen molar-refractivity contribution in [1.29, 1.82) is 0 Å². The van der Waals surface area contributed by atoms with Gasteiger partial charge in [0.15, 0.2) is 0 Å². The van der Waals surface area contributed by atoms with Gasteiger partial charge < -0.3 is 10.6 Å². The second-order valence-electron chi connectivity index (χ2n) is 4.93. The van der Waals surface area contributed by atoms with Gasteiger partial charge in [-0.25, -0.2) is 0 Å². The molecule has 0 unspecified atom stereocenters. The van der Waals surface area contributed by atoms with Crippen LogP contribution in [0.15, 0.2) is 16.6 Å². The summed E-state index contributed by atoms with van der Waals surface area (Å²) in [6, 6.07) is 3.86. The molecule has 0 aliphatic carbocycles. The summed E-state index contributed by atoms with van der Waals surface area (Å²) in [6.07, 6.45) is 0.754. The summed E-state index contributed by atoms with van der Waals surface area (Å²) >= 11 is 3.42. The molecule has 0 radical (unpaired) electrons. The first-order valence-electron chi connectivity index (χ1n) is 5.19. The van der Waals surface area contributed by atoms with Crippen LogP contribution < -0.4 is 10.6 Å². The first kappa shape index (κ1) is 11.5. The molecule has 0 aromatic heterocycles. The Hall–Kier alpha value is -1.03. The normalized spacial score (nSPS) is 18.5. The highest BCUT2D eigenvalue weighted by molar-refractivity contribution is 9.10. The van der Waals surface area contributed by atoms with E-state index in [9.17, 15) is 4.79 Å². The van der Waals surface area contributed by atoms with Gasteiger partial charge in [0.25, 0.3) is 0 Å². The number of benzene rings is 1. The highest BCUT2D eigenvalue weighted by Crippen LogP contribution is 2.39. The minimum atomic E-state index is -0.336. The second kappa shape index (κ2) is 3.48. The van der Waals surface area contributed by atoms with Crippen molar-refractivity contribution in [2.45, 2.75) is 20.3 Å². The third-order valence-electron chi connectivity index (χ3n) is 3.08. The molecule has 4 heteroatoms. The van der Waals surface area contributed by atoms with Crippen molar-refractivity contribution in [3.05, 3.63) is 22.2 Å². The van der Waals surface area contributed by atoms with Gasteiger partial charge >= 0.3 is 0 Å². The number of fused-ring (bicyclic) bond motifs is 1. The number of nitrogen functional groups attached to an aromatic ring is 1. The van der Waals surface area contributed by atoms with E-state index >= 15 is 0 Å². The van der Waals surface area contributed by atoms with Gasteiger partial charge in [-0.05, 0) is 40.0 Å². The molecule has 0 fully saturated rings. The van der Waals surface area contributed by atoms with Crippen LogP contribution in [0.5, 0.6) is 0 Å². The van der Waals surface area contributed by atoms with Crippen LogP contribution in [-0.4, -0.2) is 13.0 Å². The number of rotatable bonds is 0. The third kappa shape index (κ3) is 1.61. The molecule has 16 heavy (non-hydrogen) atoms. The zero-order valence-electron chi connectivity index (χ0n) is 9.67. The van der Waals surface area contributed by atoms with E-state index in [-0.39, 0.29) is 11.3 Å². The number of nitrogens with two attached hydrogens (primary N) is 1. The average Bonchev–Trinajstić information content (AvgIpc) is 2.18. The maximum atomic E-state index is 12.1. The fraction of sp³-hybridized carbons (Fsp3) is 0.417. The summed E-state index contributed by atoms with van der Waals surface area (Å²) in [7, 11) is 1.80. The molecule has 1 heterocycles. The number of carbonyl (C=O) groups is 1. The Morgan fingerprint density at radius 1 is 1.44 bits per heavy atom. The van der Waals surface area contributed by atoms with Crippen LogP contribution in [0.3, 0.4) is 0 Å². The van der Waals surface area contributed by atoms with Crippen molar-refractivity contribution in [2.24, 2.45) is 5.41 Å². The van der Waals surface area contributed by atoms with Crippen LogP contribution >= 0.6 is 15.9 Å². The zero-order valence-corrected chi connectivity index (χ0v) is 11.3. The fourth-order valence-corrected chi connectivity index (χ4v) is 2.58. The lowest BCUT2D eigenvalue weighted by Crippen LogP contribution is -2.44. The van der Waals surface area contributed by atoms with Crippen molar-refractivity contribution < 1.29 is 4.79 Å². The van der Waals surface area contributed by atoms with E-state index in [1.807, 2.05) is 26.0 Å². The summed E-state index contributed by atoms with van der Waals surface area (Å²) in [5.74, 6) is 0.140. The first-order valence-corrected chi connectivity index (χ1v) is 5.98. The van der Waals surface area contributed by atoms with Crippen LogP contribution in [-0.2, 0) is 11.2 Å². The number of hydrogen-bond acceptors (Lipinski definition) is 2. The van der Waals surface area contributed by atoms with Crippen molar-refractivity contribution >= 4 is 33.2 Å². The van der Waals surface area contributed by atoms with Crippen molar-refractivity contribution in [3.63, 3.8) is 0 Å². The van der Waals surface area contributed by atoms with Gasteiger partial charge in [0.2, 0.25) is 5.91 Å². The van der Waals surface area contributed by atoms with E-state index in [4.69, 9.17) is 5.73 Å². The molecular weight excluding hydrogens is 268 g/mol. The Morgan fingerprint density at radius 2 is 2.06 bits per heavy atom. The Labute approximate surface area is 104 Å². The molecule has 2 rings (SSSR count). The number of halogens is 1. The SMILES string of the molecule is CN1C(=O)C(C)(C)Cc2cc(Br)c(N)cc21. The monoisotopic (exact) mass is 282 g/mol. The maximum absolute atomic E-state index is 12.1. The molecule has 0 bridgehead atoms. The van der Waals surface area contributed by atoms with E-state index in [2.05, 4.69) is 15.9 Å². The fourth-order valence-electron chi connectivity index (χ4n) is 2.19. The molecule has 0 saturated heterocycles. The van der Waals surface area contributed by atoms with E-state index in [0.717, 1.165) is 22.1 Å². The van der Waals surface area contributed by atoms with Crippen molar-refractivity contribution in [3.8, 4) is 0 Å². The smallest absolute Gasteiger partial charge is 0.232 e. The van der Waals surface area contributed by atoms with Gasteiger partial charge in [-0.2, -0.15) is 0 Å². The summed E-state index contributed by atoms with van der Waals surface area (Å²) in [6.45, 7) is 3.94. The Morgan fingerprint density at radius 3 is 2.69 bits per heavy atom. The Bertz CT molecular complexity index is 468. The van der Waals surface area contributed by atoms with Gasteiger partial charge in [-0.3, -0.25) is 4.79 Å². The average molecular weight is 283 g/mol. The standard InChI is InChI=1S/C12H15BrN2O/c1-12(2)6-7-4-8(13)9(14)5-10(7)15(3)11(12)16/h4-5H,6,14H2,1-3H3. The molecule has 86 valence electrons. The molecule has 3 nitrogen and oxygen atoms in total. The number of amides is 1. The topological polar surface area (TPSA) is 46.3 Å². The Balaban J connectivity index is 2.60. The van der Waals surface area contributed by atoms with Crippen LogP contribution in [0.2, 0.25) is 0 Å². The van der Waals surface area contributed by atoms with Gasteiger partial charge in [0.05, 0.1) is 0 Å². The van der Waals surface area contributed by atoms with Crippen LogP contribution in [0, 0.1) is 5.41 Å². The number of hydrogen-bond donors (Lipinski definition) is 1. The predicted molar refractivity (Wildman–Crippen MR) is 69.4 cm³/mol. The van der Waals surface area contributed by atoms with E-state index in [1.54, 1.807) is 11.9 Å². The molecule has 1 aromatic carbocycles. The van der Waals surface area contributed by atoms with Gasteiger partial charge in [0.1, 0.15) is 0 Å². The lowest BCUT2D eigenvalue weighted by molar-refractivity contribution is -0.126. The number of carbonyl (C=O) groups excluding carboxylic acids is 1. The number of nitrogens with zero attached hydrogens (tertiary/aromatic N) is 1. The lowest BCUT2D eigenvalue weighted by atomic mass is 9.80.